The minimum absolute atomic E-state index is 0.0228. The molecule has 2 aliphatic heterocycles. The minimum atomic E-state index is -0.469. The van der Waals surface area contributed by atoms with Crippen molar-refractivity contribution in [2.45, 2.75) is 66.0 Å². The van der Waals surface area contributed by atoms with E-state index >= 15 is 0 Å². The highest BCUT2D eigenvalue weighted by molar-refractivity contribution is 6.66. The van der Waals surface area contributed by atoms with Crippen molar-refractivity contribution in [2.24, 2.45) is 0 Å². The summed E-state index contributed by atoms with van der Waals surface area (Å²) in [5.41, 5.74) is 11.3. The van der Waals surface area contributed by atoms with E-state index in [0.29, 0.717) is 6.04 Å². The molecule has 0 N–H and O–H groups in total. The Bertz CT molecular complexity index is 1070. The first-order valence-electron chi connectivity index (χ1n) is 12.0. The molecule has 0 radical (unpaired) electrons. The van der Waals surface area contributed by atoms with Gasteiger partial charge in [0.05, 0.1) is 0 Å². The Hall–Kier alpha value is -2.36. The molecule has 3 aromatic rings. The van der Waals surface area contributed by atoms with Crippen molar-refractivity contribution >= 4 is 12.5 Å². The summed E-state index contributed by atoms with van der Waals surface area (Å²) in [5.74, 6) is 0. The molecule has 2 fully saturated rings. The van der Waals surface area contributed by atoms with Crippen LogP contribution < -0.4 is 5.46 Å². The Labute approximate surface area is 193 Å². The van der Waals surface area contributed by atoms with Crippen molar-refractivity contribution in [3.63, 3.8) is 0 Å². The third-order valence-electron chi connectivity index (χ3n) is 7.45. The summed E-state index contributed by atoms with van der Waals surface area (Å²) in [7, 11) is -0.0228. The second-order valence-electron chi connectivity index (χ2n) is 10.2. The Morgan fingerprint density at radius 3 is 1.78 bits per heavy atom. The Morgan fingerprint density at radius 2 is 1.28 bits per heavy atom. The third-order valence-corrected chi connectivity index (χ3v) is 7.45. The molecule has 0 amide bonds. The lowest BCUT2D eigenvalue weighted by Crippen LogP contribution is -2.47. The number of hydrogen-bond acceptors (Lipinski definition) is 2. The Morgan fingerprint density at radius 1 is 0.781 bits per heavy atom. The molecule has 0 unspecified atom stereocenters. The number of aryl methyl sites for hydroxylation is 6. The molecule has 164 valence electrons. The Kier molecular flexibility index (Phi) is 5.30. The van der Waals surface area contributed by atoms with Crippen LogP contribution in [0.15, 0.2) is 54.6 Å². The maximum Gasteiger partial charge on any atom is 0.420 e. The SMILES string of the molecule is Cc1cc(C)cc(C2(c3cc(C)cc(C)c3)OB(c3c(C)cccc3C)N3CCC[C@H]32)c1. The number of rotatable bonds is 3. The average molecular weight is 423 g/mol. The largest absolute Gasteiger partial charge is 0.420 e. The first-order chi connectivity index (χ1) is 15.3. The molecule has 3 aromatic carbocycles. The zero-order chi connectivity index (χ0) is 22.6. The van der Waals surface area contributed by atoms with E-state index in [1.54, 1.807) is 0 Å². The van der Waals surface area contributed by atoms with Gasteiger partial charge in [0.15, 0.2) is 0 Å². The van der Waals surface area contributed by atoms with Crippen molar-refractivity contribution in [3.8, 4) is 0 Å². The maximum absolute atomic E-state index is 7.38. The van der Waals surface area contributed by atoms with Crippen molar-refractivity contribution in [1.29, 1.82) is 0 Å². The molecule has 0 aliphatic carbocycles. The summed E-state index contributed by atoms with van der Waals surface area (Å²) in [4.78, 5) is 2.64. The molecule has 2 nitrogen and oxygen atoms in total. The quantitative estimate of drug-likeness (QED) is 0.504. The van der Waals surface area contributed by atoms with Crippen LogP contribution in [-0.2, 0) is 10.3 Å². The van der Waals surface area contributed by atoms with E-state index in [1.807, 2.05) is 0 Å². The fraction of sp³-hybridized carbons (Fsp3) is 0.379. The second kappa shape index (κ2) is 7.90. The van der Waals surface area contributed by atoms with Crippen LogP contribution in [0.5, 0.6) is 0 Å². The van der Waals surface area contributed by atoms with Crippen molar-refractivity contribution in [2.75, 3.05) is 6.54 Å². The van der Waals surface area contributed by atoms with Gasteiger partial charge < -0.3 is 9.47 Å². The van der Waals surface area contributed by atoms with Crippen LogP contribution in [0.4, 0.5) is 0 Å². The van der Waals surface area contributed by atoms with Gasteiger partial charge in [0, 0.05) is 6.04 Å². The smallest absolute Gasteiger partial charge is 0.402 e. The van der Waals surface area contributed by atoms with Crippen molar-refractivity contribution < 1.29 is 4.65 Å². The zero-order valence-electron chi connectivity index (χ0n) is 20.3. The van der Waals surface area contributed by atoms with Gasteiger partial charge in [-0.2, -0.15) is 0 Å². The molecule has 0 aromatic heterocycles. The van der Waals surface area contributed by atoms with Crippen molar-refractivity contribution in [1.82, 2.24) is 4.81 Å². The summed E-state index contributed by atoms with van der Waals surface area (Å²) >= 11 is 0. The van der Waals surface area contributed by atoms with Gasteiger partial charge >= 0.3 is 7.05 Å². The van der Waals surface area contributed by atoms with E-state index in [2.05, 4.69) is 101 Å². The van der Waals surface area contributed by atoms with Crippen molar-refractivity contribution in [3.05, 3.63) is 99.1 Å². The van der Waals surface area contributed by atoms with Crippen LogP contribution in [-0.4, -0.2) is 24.4 Å². The molecular weight excluding hydrogens is 389 g/mol. The first kappa shape index (κ1) is 21.5. The molecule has 0 bridgehead atoms. The molecule has 2 aliphatic rings. The van der Waals surface area contributed by atoms with E-state index in [4.69, 9.17) is 4.65 Å². The van der Waals surface area contributed by atoms with E-state index in [1.165, 1.54) is 56.4 Å². The van der Waals surface area contributed by atoms with Crippen LogP contribution in [0.1, 0.15) is 57.3 Å². The molecule has 2 heterocycles. The van der Waals surface area contributed by atoms with Gasteiger partial charge in [0.25, 0.3) is 0 Å². The van der Waals surface area contributed by atoms with Crippen LogP contribution in [0.25, 0.3) is 0 Å². The number of benzene rings is 3. The number of hydrogen-bond donors (Lipinski definition) is 0. The summed E-state index contributed by atoms with van der Waals surface area (Å²) in [5, 5.41) is 0. The molecule has 5 rings (SSSR count). The van der Waals surface area contributed by atoms with Gasteiger partial charge in [-0.25, -0.2) is 0 Å². The van der Waals surface area contributed by atoms with Crippen LogP contribution >= 0.6 is 0 Å². The van der Waals surface area contributed by atoms with E-state index in [9.17, 15) is 0 Å². The molecule has 3 heteroatoms. The van der Waals surface area contributed by atoms with Crippen LogP contribution in [0.2, 0.25) is 0 Å². The molecule has 0 saturated carbocycles. The average Bonchev–Trinajstić information content (AvgIpc) is 3.29. The number of fused-ring (bicyclic) bond motifs is 1. The van der Waals surface area contributed by atoms with Gasteiger partial charge in [-0.15, -0.1) is 0 Å². The topological polar surface area (TPSA) is 12.5 Å². The lowest BCUT2D eigenvalue weighted by Gasteiger charge is -2.37. The zero-order valence-corrected chi connectivity index (χ0v) is 20.3. The van der Waals surface area contributed by atoms with Gasteiger partial charge in [0.2, 0.25) is 0 Å². The molecule has 32 heavy (non-hydrogen) atoms. The first-order valence-corrected chi connectivity index (χ1v) is 12.0. The third kappa shape index (κ3) is 3.34. The summed E-state index contributed by atoms with van der Waals surface area (Å²) in [6, 6.07) is 20.9. The normalized spacial score (nSPS) is 20.1. The molecule has 1 atom stereocenters. The fourth-order valence-electron chi connectivity index (χ4n) is 6.34. The van der Waals surface area contributed by atoms with E-state index in [0.717, 1.165) is 13.0 Å². The van der Waals surface area contributed by atoms with Crippen LogP contribution in [0.3, 0.4) is 0 Å². The lowest BCUT2D eigenvalue weighted by molar-refractivity contribution is 0.106. The molecular formula is C29H34BNO. The monoisotopic (exact) mass is 423 g/mol. The highest BCUT2D eigenvalue weighted by atomic mass is 16.5. The van der Waals surface area contributed by atoms with Gasteiger partial charge in [-0.3, -0.25) is 0 Å². The highest BCUT2D eigenvalue weighted by Crippen LogP contribution is 2.49. The lowest BCUT2D eigenvalue weighted by atomic mass is 9.67. The minimum Gasteiger partial charge on any atom is -0.402 e. The summed E-state index contributed by atoms with van der Waals surface area (Å²) in [6.07, 6.45) is 2.37. The van der Waals surface area contributed by atoms with Gasteiger partial charge in [0.1, 0.15) is 5.60 Å². The highest BCUT2D eigenvalue weighted by Gasteiger charge is 2.59. The van der Waals surface area contributed by atoms with E-state index < -0.39 is 5.60 Å². The van der Waals surface area contributed by atoms with Gasteiger partial charge in [-0.05, 0) is 77.5 Å². The van der Waals surface area contributed by atoms with Crippen LogP contribution in [0, 0.1) is 41.5 Å². The van der Waals surface area contributed by atoms with Gasteiger partial charge in [-0.1, -0.05) is 88.0 Å². The Balaban J connectivity index is 1.78. The maximum atomic E-state index is 7.38. The standard InChI is InChI=1S/C29H34BNO/c1-19-13-20(2)16-25(15-19)29(26-17-21(3)14-22(4)18-26)27-11-8-12-31(27)30(32-29)28-23(5)9-7-10-24(28)6/h7,9-10,13-18,27H,8,11-12H2,1-6H3/t27-/m0/s1. The molecule has 2 saturated heterocycles. The predicted molar refractivity (Wildman–Crippen MR) is 135 cm³/mol. The summed E-state index contributed by atoms with van der Waals surface area (Å²) < 4.78 is 7.38. The number of nitrogens with zero attached hydrogens (tertiary/aromatic N) is 1. The predicted octanol–water partition coefficient (Wildman–Crippen LogP) is 5.67. The van der Waals surface area contributed by atoms with E-state index in [-0.39, 0.29) is 7.05 Å². The molecule has 0 spiro atoms. The fourth-order valence-corrected chi connectivity index (χ4v) is 6.34. The summed E-state index contributed by atoms with van der Waals surface area (Å²) in [6.45, 7) is 14.4. The second-order valence-corrected chi connectivity index (χ2v) is 10.2.